The van der Waals surface area contributed by atoms with Gasteiger partial charge in [-0.3, -0.25) is 4.79 Å². The van der Waals surface area contributed by atoms with Crippen LogP contribution >= 0.6 is 23.2 Å². The number of nitrogens with one attached hydrogen (secondary N) is 1. The first-order chi connectivity index (χ1) is 12.0. The van der Waals surface area contributed by atoms with Crippen molar-refractivity contribution >= 4 is 46.6 Å². The molecular formula is C19H14Cl2N2O2. The molecule has 6 heteroatoms. The van der Waals surface area contributed by atoms with Gasteiger partial charge in [-0.1, -0.05) is 23.2 Å². The number of benzene rings is 2. The van der Waals surface area contributed by atoms with Gasteiger partial charge in [-0.2, -0.15) is 0 Å². The molecule has 0 saturated carbocycles. The van der Waals surface area contributed by atoms with Crippen LogP contribution in [0.2, 0.25) is 10.0 Å². The third-order valence-corrected chi connectivity index (χ3v) is 3.79. The molecule has 0 atom stereocenters. The van der Waals surface area contributed by atoms with Gasteiger partial charge >= 0.3 is 0 Å². The van der Waals surface area contributed by atoms with Gasteiger partial charge in [0.05, 0.1) is 0 Å². The summed E-state index contributed by atoms with van der Waals surface area (Å²) >= 11 is 12.0. The number of nitrogen functional groups attached to an aromatic ring is 1. The van der Waals surface area contributed by atoms with Crippen LogP contribution in [-0.2, 0) is 4.79 Å². The fourth-order valence-electron chi connectivity index (χ4n) is 2.20. The lowest BCUT2D eigenvalue weighted by atomic mass is 10.2. The van der Waals surface area contributed by atoms with Crippen LogP contribution in [0.15, 0.2) is 65.1 Å². The van der Waals surface area contributed by atoms with Crippen molar-refractivity contribution in [1.82, 2.24) is 0 Å². The Labute approximate surface area is 154 Å². The van der Waals surface area contributed by atoms with Crippen molar-refractivity contribution in [3.63, 3.8) is 0 Å². The molecule has 0 fully saturated rings. The summed E-state index contributed by atoms with van der Waals surface area (Å²) in [5.74, 6) is 0.884. The zero-order valence-electron chi connectivity index (χ0n) is 13.0. The first-order valence-corrected chi connectivity index (χ1v) is 8.16. The van der Waals surface area contributed by atoms with E-state index in [0.717, 1.165) is 5.56 Å². The summed E-state index contributed by atoms with van der Waals surface area (Å²) in [5, 5.41) is 3.79. The first kappa shape index (κ1) is 17.1. The molecule has 1 amide bonds. The topological polar surface area (TPSA) is 68.3 Å². The summed E-state index contributed by atoms with van der Waals surface area (Å²) in [6.07, 6.45) is 2.98. The van der Waals surface area contributed by atoms with Gasteiger partial charge in [0.2, 0.25) is 5.91 Å². The van der Waals surface area contributed by atoms with E-state index in [4.69, 9.17) is 33.4 Å². The molecule has 3 rings (SSSR count). The second-order valence-corrected chi connectivity index (χ2v) is 6.18. The number of carbonyl (C=O) groups excluding carboxylic acids is 1. The van der Waals surface area contributed by atoms with Gasteiger partial charge in [-0.05, 0) is 60.7 Å². The molecular weight excluding hydrogens is 359 g/mol. The second kappa shape index (κ2) is 7.47. The van der Waals surface area contributed by atoms with Crippen molar-refractivity contribution in [2.45, 2.75) is 0 Å². The van der Waals surface area contributed by atoms with E-state index in [0.29, 0.717) is 32.9 Å². The van der Waals surface area contributed by atoms with E-state index in [1.165, 1.54) is 6.08 Å². The van der Waals surface area contributed by atoms with Crippen molar-refractivity contribution in [2.75, 3.05) is 11.1 Å². The van der Waals surface area contributed by atoms with Crippen LogP contribution in [0, 0.1) is 0 Å². The van der Waals surface area contributed by atoms with Crippen LogP contribution in [0.25, 0.3) is 17.4 Å². The Kier molecular flexibility index (Phi) is 5.12. The van der Waals surface area contributed by atoms with E-state index in [-0.39, 0.29) is 5.91 Å². The lowest BCUT2D eigenvalue weighted by molar-refractivity contribution is -0.111. The van der Waals surface area contributed by atoms with Crippen LogP contribution in [0.5, 0.6) is 0 Å². The number of anilines is 2. The number of rotatable bonds is 4. The lowest BCUT2D eigenvalue weighted by Gasteiger charge is -2.01. The smallest absolute Gasteiger partial charge is 0.248 e. The molecule has 0 saturated heterocycles. The Balaban J connectivity index is 1.69. The highest BCUT2D eigenvalue weighted by Crippen LogP contribution is 2.28. The Bertz CT molecular complexity index is 911. The van der Waals surface area contributed by atoms with Gasteiger partial charge in [0.25, 0.3) is 0 Å². The lowest BCUT2D eigenvalue weighted by Crippen LogP contribution is -2.07. The van der Waals surface area contributed by atoms with Crippen molar-refractivity contribution in [2.24, 2.45) is 0 Å². The van der Waals surface area contributed by atoms with Crippen molar-refractivity contribution in [1.29, 1.82) is 0 Å². The predicted octanol–water partition coefficient (Wildman–Crippen LogP) is 5.49. The SMILES string of the molecule is Nc1ccc(NC(=O)/C=C/c2ccc(-c3cc(Cl)cc(Cl)c3)o2)cc1. The highest BCUT2D eigenvalue weighted by molar-refractivity contribution is 6.35. The molecule has 0 radical (unpaired) electrons. The fourth-order valence-corrected chi connectivity index (χ4v) is 2.73. The molecule has 0 aliphatic rings. The summed E-state index contributed by atoms with van der Waals surface area (Å²) in [7, 11) is 0. The minimum Gasteiger partial charge on any atom is -0.457 e. The van der Waals surface area contributed by atoms with Crippen LogP contribution < -0.4 is 11.1 Å². The van der Waals surface area contributed by atoms with Gasteiger partial charge in [-0.15, -0.1) is 0 Å². The second-order valence-electron chi connectivity index (χ2n) is 5.30. The number of amides is 1. The number of halogens is 2. The monoisotopic (exact) mass is 372 g/mol. The molecule has 126 valence electrons. The first-order valence-electron chi connectivity index (χ1n) is 7.40. The normalized spacial score (nSPS) is 11.0. The maximum Gasteiger partial charge on any atom is 0.248 e. The van der Waals surface area contributed by atoms with Gasteiger partial charge in [0.15, 0.2) is 0 Å². The highest BCUT2D eigenvalue weighted by Gasteiger charge is 2.06. The molecule has 3 N–H and O–H groups in total. The summed E-state index contributed by atoms with van der Waals surface area (Å²) in [4.78, 5) is 11.9. The number of furan rings is 1. The van der Waals surface area contributed by atoms with E-state index in [1.54, 1.807) is 60.7 Å². The third-order valence-electron chi connectivity index (χ3n) is 3.35. The van der Waals surface area contributed by atoms with Crippen LogP contribution in [0.3, 0.4) is 0 Å². The van der Waals surface area contributed by atoms with Crippen molar-refractivity contribution in [3.05, 3.63) is 76.5 Å². The maximum atomic E-state index is 11.9. The van der Waals surface area contributed by atoms with E-state index >= 15 is 0 Å². The fraction of sp³-hybridized carbons (Fsp3) is 0. The van der Waals surface area contributed by atoms with Gasteiger partial charge in [0, 0.05) is 33.1 Å². The van der Waals surface area contributed by atoms with Gasteiger partial charge < -0.3 is 15.5 Å². The molecule has 0 unspecified atom stereocenters. The average molecular weight is 373 g/mol. The van der Waals surface area contributed by atoms with E-state index in [9.17, 15) is 4.79 Å². The van der Waals surface area contributed by atoms with Gasteiger partial charge in [0.1, 0.15) is 11.5 Å². The minimum atomic E-state index is -0.270. The standard InChI is InChI=1S/C19H14Cl2N2O2/c20-13-9-12(10-14(21)11-13)18-7-5-17(25-18)6-8-19(24)23-16-3-1-15(22)2-4-16/h1-11H,22H2,(H,23,24)/b8-6+. The summed E-state index contributed by atoms with van der Waals surface area (Å²) in [6, 6.07) is 15.6. The number of hydrogen-bond donors (Lipinski definition) is 2. The molecule has 4 nitrogen and oxygen atoms in total. The zero-order valence-corrected chi connectivity index (χ0v) is 14.5. The Morgan fingerprint density at radius 1 is 1.00 bits per heavy atom. The molecule has 0 aliphatic carbocycles. The molecule has 2 aromatic carbocycles. The average Bonchev–Trinajstić information content (AvgIpc) is 3.03. The Hall–Kier alpha value is -2.69. The molecule has 25 heavy (non-hydrogen) atoms. The summed E-state index contributed by atoms with van der Waals surface area (Å²) < 4.78 is 5.70. The van der Waals surface area contributed by atoms with Gasteiger partial charge in [-0.25, -0.2) is 0 Å². The summed E-state index contributed by atoms with van der Waals surface area (Å²) in [6.45, 7) is 0. The minimum absolute atomic E-state index is 0.270. The molecule has 0 aliphatic heterocycles. The zero-order chi connectivity index (χ0) is 17.8. The molecule has 1 aromatic heterocycles. The van der Waals surface area contributed by atoms with Crippen molar-refractivity contribution < 1.29 is 9.21 Å². The third kappa shape index (κ3) is 4.66. The van der Waals surface area contributed by atoms with E-state index < -0.39 is 0 Å². The van der Waals surface area contributed by atoms with E-state index in [1.807, 2.05) is 0 Å². The molecule has 0 bridgehead atoms. The van der Waals surface area contributed by atoms with Crippen LogP contribution in [-0.4, -0.2) is 5.91 Å². The maximum absolute atomic E-state index is 11.9. The molecule has 3 aromatic rings. The van der Waals surface area contributed by atoms with Crippen molar-refractivity contribution in [3.8, 4) is 11.3 Å². The number of carbonyl (C=O) groups is 1. The highest BCUT2D eigenvalue weighted by atomic mass is 35.5. The number of hydrogen-bond acceptors (Lipinski definition) is 3. The molecule has 0 spiro atoms. The van der Waals surface area contributed by atoms with E-state index in [2.05, 4.69) is 5.32 Å². The quantitative estimate of drug-likeness (QED) is 0.470. The number of nitrogens with two attached hydrogens (primary N) is 1. The Morgan fingerprint density at radius 2 is 1.68 bits per heavy atom. The van der Waals surface area contributed by atoms with Crippen LogP contribution in [0.1, 0.15) is 5.76 Å². The summed E-state index contributed by atoms with van der Waals surface area (Å²) in [5.41, 5.74) is 7.67. The Morgan fingerprint density at radius 3 is 2.36 bits per heavy atom. The molecule has 1 heterocycles. The van der Waals surface area contributed by atoms with Crippen LogP contribution in [0.4, 0.5) is 11.4 Å². The predicted molar refractivity (Wildman–Crippen MR) is 103 cm³/mol. The largest absolute Gasteiger partial charge is 0.457 e.